The predicted molar refractivity (Wildman–Crippen MR) is 120 cm³/mol. The minimum Gasteiger partial charge on any atom is -0.358 e. The molecule has 0 spiro atoms. The summed E-state index contributed by atoms with van der Waals surface area (Å²) in [7, 11) is 0. The Morgan fingerprint density at radius 3 is 2.57 bits per heavy atom. The third-order valence-electron chi connectivity index (χ3n) is 5.71. The molecular formula is C23H19F4N7O. The van der Waals surface area contributed by atoms with Crippen molar-refractivity contribution in [2.75, 3.05) is 10.6 Å². The third-order valence-corrected chi connectivity index (χ3v) is 5.71. The van der Waals surface area contributed by atoms with Gasteiger partial charge in [0.25, 0.3) is 0 Å². The number of nitrogens with one attached hydrogen (secondary N) is 3. The first kappa shape index (κ1) is 22.7. The third kappa shape index (κ3) is 4.63. The largest absolute Gasteiger partial charge is 0.408 e. The van der Waals surface area contributed by atoms with E-state index in [1.54, 1.807) is 6.20 Å². The number of aromatic nitrogens is 5. The molecule has 0 unspecified atom stereocenters. The van der Waals surface area contributed by atoms with Gasteiger partial charge >= 0.3 is 6.18 Å². The molecule has 4 aromatic heterocycles. The highest BCUT2D eigenvalue weighted by Crippen LogP contribution is 2.39. The molecule has 8 nitrogen and oxygen atoms in total. The number of hydrogen-bond donors (Lipinski definition) is 3. The van der Waals surface area contributed by atoms with Crippen LogP contribution in [0.3, 0.4) is 0 Å². The van der Waals surface area contributed by atoms with Crippen molar-refractivity contribution < 1.29 is 22.4 Å². The summed E-state index contributed by atoms with van der Waals surface area (Å²) in [6.07, 6.45) is 1.67. The lowest BCUT2D eigenvalue weighted by atomic mass is 10.0. The minimum atomic E-state index is -4.54. The molecule has 0 aliphatic heterocycles. The number of alkyl halides is 3. The zero-order chi connectivity index (χ0) is 24.7. The Hall–Kier alpha value is -4.09. The molecule has 1 aliphatic carbocycles. The number of nitrogens with zero attached hydrogens (tertiary/aromatic N) is 4. The standard InChI is InChI=1S/C23H19F4N7O/c1-11(23(25,26)27)32-22-18-15(9-29-21(18)30-10-31-22)19(35)14-5-7-17(34-20(14)24)33-13-4-6-16(28-8-13)12-2-3-12/h4-12H,2-3H2,1H3,(H,33,34)(H2,29,30,31,32)/t11-/m1/s1. The Balaban J connectivity index is 1.40. The Bertz CT molecular complexity index is 1400. The van der Waals surface area contributed by atoms with Crippen LogP contribution in [0.25, 0.3) is 11.0 Å². The average Bonchev–Trinajstić information content (AvgIpc) is 3.57. The Morgan fingerprint density at radius 1 is 1.11 bits per heavy atom. The molecular weight excluding hydrogens is 466 g/mol. The number of carbonyl (C=O) groups is 1. The van der Waals surface area contributed by atoms with Gasteiger partial charge in [-0.15, -0.1) is 0 Å². The van der Waals surface area contributed by atoms with Crippen molar-refractivity contribution in [3.8, 4) is 0 Å². The zero-order valence-corrected chi connectivity index (χ0v) is 18.3. The first-order chi connectivity index (χ1) is 16.7. The summed E-state index contributed by atoms with van der Waals surface area (Å²) < 4.78 is 54.0. The summed E-state index contributed by atoms with van der Waals surface area (Å²) >= 11 is 0. The van der Waals surface area contributed by atoms with Crippen molar-refractivity contribution in [2.45, 2.75) is 37.9 Å². The van der Waals surface area contributed by atoms with Crippen LogP contribution in [0.1, 0.15) is 47.3 Å². The molecule has 1 atom stereocenters. The number of anilines is 3. The van der Waals surface area contributed by atoms with E-state index in [-0.39, 0.29) is 33.8 Å². The Kier molecular flexibility index (Phi) is 5.58. The molecule has 180 valence electrons. The van der Waals surface area contributed by atoms with E-state index in [2.05, 4.69) is 35.6 Å². The van der Waals surface area contributed by atoms with Gasteiger partial charge in [-0.25, -0.2) is 15.0 Å². The van der Waals surface area contributed by atoms with E-state index in [4.69, 9.17) is 0 Å². The molecule has 1 aliphatic rings. The van der Waals surface area contributed by atoms with E-state index in [0.29, 0.717) is 11.6 Å². The first-order valence-electron chi connectivity index (χ1n) is 10.8. The number of rotatable bonds is 7. The van der Waals surface area contributed by atoms with Gasteiger partial charge in [-0.1, -0.05) is 0 Å². The van der Waals surface area contributed by atoms with Crippen molar-refractivity contribution >= 4 is 34.1 Å². The van der Waals surface area contributed by atoms with Gasteiger partial charge in [-0.3, -0.25) is 9.78 Å². The Morgan fingerprint density at radius 2 is 1.91 bits per heavy atom. The van der Waals surface area contributed by atoms with Crippen molar-refractivity contribution in [3.63, 3.8) is 0 Å². The van der Waals surface area contributed by atoms with Crippen LogP contribution in [0.4, 0.5) is 34.9 Å². The number of fused-ring (bicyclic) bond motifs is 1. The van der Waals surface area contributed by atoms with Gasteiger partial charge in [0, 0.05) is 17.8 Å². The van der Waals surface area contributed by atoms with Gasteiger partial charge < -0.3 is 15.6 Å². The molecule has 12 heteroatoms. The lowest BCUT2D eigenvalue weighted by molar-refractivity contribution is -0.138. The highest BCUT2D eigenvalue weighted by molar-refractivity contribution is 6.18. The lowest BCUT2D eigenvalue weighted by Gasteiger charge is -2.18. The van der Waals surface area contributed by atoms with E-state index >= 15 is 0 Å². The fraction of sp³-hybridized carbons (Fsp3) is 0.261. The van der Waals surface area contributed by atoms with E-state index in [9.17, 15) is 22.4 Å². The summed E-state index contributed by atoms with van der Waals surface area (Å²) in [5, 5.41) is 5.21. The van der Waals surface area contributed by atoms with Crippen LogP contribution in [0.15, 0.2) is 43.0 Å². The SMILES string of the molecule is C[C@@H](Nc1ncnc2[nH]cc(C(=O)c3ccc(Nc4ccc(C5CC5)nc4)nc3F)c12)C(F)(F)F. The second-order valence-electron chi connectivity index (χ2n) is 8.29. The van der Waals surface area contributed by atoms with Gasteiger partial charge in [0.1, 0.15) is 29.7 Å². The molecule has 35 heavy (non-hydrogen) atoms. The maximum atomic E-state index is 14.8. The molecule has 0 aromatic carbocycles. The summed E-state index contributed by atoms with van der Waals surface area (Å²) in [6.45, 7) is 0.923. The fourth-order valence-electron chi connectivity index (χ4n) is 3.60. The highest BCUT2D eigenvalue weighted by atomic mass is 19.4. The summed E-state index contributed by atoms with van der Waals surface area (Å²) in [6, 6.07) is 4.48. The molecule has 5 rings (SSSR count). The number of carbonyl (C=O) groups excluding carboxylic acids is 1. The molecule has 0 amide bonds. The van der Waals surface area contributed by atoms with Gasteiger partial charge in [-0.05, 0) is 44.0 Å². The van der Waals surface area contributed by atoms with Crippen molar-refractivity contribution in [2.24, 2.45) is 0 Å². The van der Waals surface area contributed by atoms with Gasteiger partial charge in [-0.2, -0.15) is 17.6 Å². The van der Waals surface area contributed by atoms with Crippen LogP contribution in [-0.2, 0) is 0 Å². The monoisotopic (exact) mass is 485 g/mol. The number of ketones is 1. The van der Waals surface area contributed by atoms with Crippen LogP contribution < -0.4 is 10.6 Å². The molecule has 1 fully saturated rings. The predicted octanol–water partition coefficient (Wildman–Crippen LogP) is 5.10. The maximum absolute atomic E-state index is 14.8. The molecule has 4 heterocycles. The van der Waals surface area contributed by atoms with Crippen molar-refractivity contribution in [1.82, 2.24) is 24.9 Å². The average molecular weight is 485 g/mol. The summed E-state index contributed by atoms with van der Waals surface area (Å²) in [5.74, 6) is -1.33. The maximum Gasteiger partial charge on any atom is 0.408 e. The quantitative estimate of drug-likeness (QED) is 0.190. The first-order valence-corrected chi connectivity index (χ1v) is 10.8. The topological polar surface area (TPSA) is 108 Å². The van der Waals surface area contributed by atoms with Crippen LogP contribution in [-0.4, -0.2) is 42.9 Å². The number of hydrogen-bond acceptors (Lipinski definition) is 7. The van der Waals surface area contributed by atoms with E-state index in [0.717, 1.165) is 31.8 Å². The smallest absolute Gasteiger partial charge is 0.358 e. The minimum absolute atomic E-state index is 0.0250. The molecule has 0 radical (unpaired) electrons. The molecule has 0 bridgehead atoms. The van der Waals surface area contributed by atoms with Crippen LogP contribution in [0.5, 0.6) is 0 Å². The lowest BCUT2D eigenvalue weighted by Crippen LogP contribution is -2.33. The Labute approximate surface area is 196 Å². The van der Waals surface area contributed by atoms with Crippen LogP contribution in [0.2, 0.25) is 0 Å². The van der Waals surface area contributed by atoms with Crippen molar-refractivity contribution in [1.29, 1.82) is 0 Å². The summed E-state index contributed by atoms with van der Waals surface area (Å²) in [4.78, 5) is 31.8. The molecule has 1 saturated carbocycles. The van der Waals surface area contributed by atoms with Crippen molar-refractivity contribution in [3.05, 3.63) is 65.8 Å². The highest BCUT2D eigenvalue weighted by Gasteiger charge is 2.37. The normalized spacial score (nSPS) is 14.7. The second-order valence-corrected chi connectivity index (χ2v) is 8.29. The van der Waals surface area contributed by atoms with Crippen LogP contribution in [0, 0.1) is 5.95 Å². The van der Waals surface area contributed by atoms with Gasteiger partial charge in [0.2, 0.25) is 5.95 Å². The fourth-order valence-corrected chi connectivity index (χ4v) is 3.60. The van der Waals surface area contributed by atoms with Gasteiger partial charge in [0.05, 0.1) is 28.4 Å². The molecule has 4 aromatic rings. The van der Waals surface area contributed by atoms with E-state index in [1.807, 2.05) is 12.1 Å². The number of H-pyrrole nitrogens is 1. The number of aromatic amines is 1. The second kappa shape index (κ2) is 8.60. The number of pyridine rings is 2. The van der Waals surface area contributed by atoms with E-state index < -0.39 is 23.9 Å². The molecule has 3 N–H and O–H groups in total. The van der Waals surface area contributed by atoms with Crippen LogP contribution >= 0.6 is 0 Å². The zero-order valence-electron chi connectivity index (χ0n) is 18.3. The number of halogens is 4. The molecule has 0 saturated heterocycles. The van der Waals surface area contributed by atoms with Gasteiger partial charge in [0.15, 0.2) is 5.78 Å². The summed E-state index contributed by atoms with van der Waals surface area (Å²) in [5.41, 5.74) is 1.32. The van der Waals surface area contributed by atoms with E-state index in [1.165, 1.54) is 18.3 Å².